The number of aliphatic carboxylic acids is 1. The van der Waals surface area contributed by atoms with Gasteiger partial charge >= 0.3 is 5.97 Å². The molecule has 3 rings (SSSR count). The van der Waals surface area contributed by atoms with Crippen LogP contribution in [0, 0.1) is 5.41 Å². The van der Waals surface area contributed by atoms with Crippen LogP contribution in [-0.2, 0) is 19.7 Å². The smallest absolute Gasteiger partial charge is 0.303 e. The topological polar surface area (TPSA) is 121 Å². The summed E-state index contributed by atoms with van der Waals surface area (Å²) in [7, 11) is -4.05. The van der Waals surface area contributed by atoms with Crippen LogP contribution in [0.4, 0.5) is 5.69 Å². The van der Waals surface area contributed by atoms with E-state index in [1.807, 2.05) is 36.9 Å². The normalized spacial score (nSPS) is 16.8. The van der Waals surface area contributed by atoms with Crippen molar-refractivity contribution in [2.24, 2.45) is 5.41 Å². The van der Waals surface area contributed by atoms with Gasteiger partial charge in [-0.1, -0.05) is 20.3 Å². The van der Waals surface area contributed by atoms with Crippen LogP contribution in [-0.4, -0.2) is 48.7 Å². The monoisotopic (exact) mass is 477 g/mol. The van der Waals surface area contributed by atoms with E-state index in [1.165, 1.54) is 0 Å². The first kappa shape index (κ1) is 25.0. The number of carbonyl (C=O) groups is 2. The first-order valence-corrected chi connectivity index (χ1v) is 12.8. The lowest BCUT2D eigenvalue weighted by atomic mass is 9.74. The molecule has 9 heteroatoms. The highest BCUT2D eigenvalue weighted by molar-refractivity contribution is 7.85. The number of unbranched alkanes of at least 4 members (excludes halogenated alkanes) is 2. The second kappa shape index (κ2) is 10.1. The van der Waals surface area contributed by atoms with Crippen molar-refractivity contribution in [3.8, 4) is 5.75 Å². The molecule has 2 N–H and O–H groups in total. The highest BCUT2D eigenvalue weighted by Gasteiger charge is 2.36. The molecule has 33 heavy (non-hydrogen) atoms. The molecule has 2 aliphatic rings. The van der Waals surface area contributed by atoms with E-state index < -0.39 is 16.1 Å². The lowest BCUT2D eigenvalue weighted by molar-refractivity contribution is -0.137. The van der Waals surface area contributed by atoms with E-state index in [-0.39, 0.29) is 29.8 Å². The Kier molecular flexibility index (Phi) is 7.64. The Bertz CT molecular complexity index is 1090. The Hall–Kier alpha value is -2.65. The second-order valence-corrected chi connectivity index (χ2v) is 10.8. The highest BCUT2D eigenvalue weighted by atomic mass is 32.2. The molecule has 1 heterocycles. The first-order valence-electron chi connectivity index (χ1n) is 11.2. The number of fused-ring (bicyclic) bond motifs is 2. The minimum atomic E-state index is -4.05. The van der Waals surface area contributed by atoms with Crippen LogP contribution in [0.3, 0.4) is 0 Å². The number of hydrogen-bond acceptors (Lipinski definition) is 6. The van der Waals surface area contributed by atoms with E-state index >= 15 is 0 Å². The summed E-state index contributed by atoms with van der Waals surface area (Å²) < 4.78 is 37.4. The zero-order valence-corrected chi connectivity index (χ0v) is 19.9. The average molecular weight is 478 g/mol. The van der Waals surface area contributed by atoms with Crippen molar-refractivity contribution < 1.29 is 32.4 Å². The maximum Gasteiger partial charge on any atom is 0.303 e. The third-order valence-corrected chi connectivity index (χ3v) is 6.74. The van der Waals surface area contributed by atoms with Crippen molar-refractivity contribution in [2.75, 3.05) is 23.7 Å². The minimum Gasteiger partial charge on any atom is -0.481 e. The van der Waals surface area contributed by atoms with Gasteiger partial charge in [-0.25, -0.2) is 0 Å². The van der Waals surface area contributed by atoms with Crippen molar-refractivity contribution in [3.05, 3.63) is 41.2 Å². The summed E-state index contributed by atoms with van der Waals surface area (Å²) >= 11 is 0. The van der Waals surface area contributed by atoms with Crippen molar-refractivity contribution in [1.29, 1.82) is 0 Å². The summed E-state index contributed by atoms with van der Waals surface area (Å²) in [6.07, 6.45) is 6.45. The lowest BCUT2D eigenvalue weighted by Gasteiger charge is -2.35. The zero-order valence-electron chi connectivity index (χ0n) is 19.0. The number of carboxylic acids is 1. The van der Waals surface area contributed by atoms with E-state index in [4.69, 9.17) is 14.4 Å². The largest absolute Gasteiger partial charge is 0.481 e. The van der Waals surface area contributed by atoms with E-state index in [1.54, 1.807) is 6.08 Å². The number of benzene rings is 1. The number of anilines is 1. The summed E-state index contributed by atoms with van der Waals surface area (Å²) in [6, 6.07) is 5.76. The zero-order chi connectivity index (χ0) is 24.2. The third-order valence-electron chi connectivity index (χ3n) is 5.93. The predicted octanol–water partition coefficient (Wildman–Crippen LogP) is 4.07. The summed E-state index contributed by atoms with van der Waals surface area (Å²) in [5.74, 6) is 0.0594. The standard InChI is InChI=1S/C24H31NO7S/c1-24(2)16-19(26)15-22-20(24)13-17-8-9-18(14-21(17)32-22)25(11-6-12-33(29,30)31)10-5-3-4-7-23(27)28/h8-9,13-15H,3-7,10-12,16H2,1-2H3,(H,27,28)(H,29,30,31). The Labute approximate surface area is 194 Å². The number of ketones is 1. The molecule has 0 saturated heterocycles. The molecular weight excluding hydrogens is 446 g/mol. The molecule has 1 aliphatic carbocycles. The van der Waals surface area contributed by atoms with Gasteiger partial charge in [0.15, 0.2) is 5.78 Å². The molecule has 1 aliphatic heterocycles. The lowest BCUT2D eigenvalue weighted by Crippen LogP contribution is -2.29. The fraction of sp³-hybridized carbons (Fsp3) is 0.500. The molecule has 0 amide bonds. The molecule has 180 valence electrons. The fourth-order valence-electron chi connectivity index (χ4n) is 4.26. The van der Waals surface area contributed by atoms with Gasteiger partial charge in [0.25, 0.3) is 10.1 Å². The van der Waals surface area contributed by atoms with Crippen LogP contribution in [0.1, 0.15) is 57.9 Å². The molecule has 0 radical (unpaired) electrons. The van der Waals surface area contributed by atoms with Crippen LogP contribution in [0.15, 0.2) is 35.6 Å². The van der Waals surface area contributed by atoms with Gasteiger partial charge in [-0.2, -0.15) is 8.42 Å². The highest BCUT2D eigenvalue weighted by Crippen LogP contribution is 2.45. The predicted molar refractivity (Wildman–Crippen MR) is 126 cm³/mol. The van der Waals surface area contributed by atoms with Gasteiger partial charge in [0.2, 0.25) is 0 Å². The Morgan fingerprint density at radius 3 is 2.55 bits per heavy atom. The Morgan fingerprint density at radius 1 is 1.12 bits per heavy atom. The summed E-state index contributed by atoms with van der Waals surface area (Å²) in [5, 5.41) is 8.80. The molecule has 0 aromatic heterocycles. The summed E-state index contributed by atoms with van der Waals surface area (Å²) in [6.45, 7) is 5.06. The van der Waals surface area contributed by atoms with Crippen LogP contribution >= 0.6 is 0 Å². The maximum atomic E-state index is 12.1. The van der Waals surface area contributed by atoms with Crippen molar-refractivity contribution >= 4 is 33.6 Å². The van der Waals surface area contributed by atoms with Crippen molar-refractivity contribution in [2.45, 2.75) is 52.4 Å². The first-order chi connectivity index (χ1) is 15.4. The Balaban J connectivity index is 1.79. The number of nitrogens with zero attached hydrogens (tertiary/aromatic N) is 1. The summed E-state index contributed by atoms with van der Waals surface area (Å²) in [4.78, 5) is 24.9. The van der Waals surface area contributed by atoms with Gasteiger partial charge < -0.3 is 14.7 Å². The molecule has 0 bridgehead atoms. The molecule has 8 nitrogen and oxygen atoms in total. The molecule has 0 spiro atoms. The number of hydrogen-bond donors (Lipinski definition) is 2. The number of allylic oxidation sites excluding steroid dienone is 2. The van der Waals surface area contributed by atoms with Crippen LogP contribution < -0.4 is 9.64 Å². The van der Waals surface area contributed by atoms with Crippen LogP contribution in [0.2, 0.25) is 0 Å². The van der Waals surface area contributed by atoms with Crippen molar-refractivity contribution in [1.82, 2.24) is 0 Å². The maximum absolute atomic E-state index is 12.1. The van der Waals surface area contributed by atoms with Crippen molar-refractivity contribution in [3.63, 3.8) is 0 Å². The fourth-order valence-corrected chi connectivity index (χ4v) is 4.75. The molecule has 1 aromatic rings. The SMILES string of the molecule is CC1(C)CC(=O)C=C2Oc3cc(N(CCCCCC(=O)O)CCCS(=O)(=O)O)ccc3C=C21. The number of carbonyl (C=O) groups excluding carboxylic acids is 1. The molecular formula is C24H31NO7S. The summed E-state index contributed by atoms with van der Waals surface area (Å²) in [5.41, 5.74) is 2.43. The third kappa shape index (κ3) is 6.91. The van der Waals surface area contributed by atoms with Gasteiger partial charge in [0.1, 0.15) is 11.5 Å². The molecule has 0 unspecified atom stereocenters. The average Bonchev–Trinajstić information content (AvgIpc) is 2.69. The number of rotatable bonds is 11. The van der Waals surface area contributed by atoms with Crippen LogP contribution in [0.5, 0.6) is 5.75 Å². The molecule has 1 aromatic carbocycles. The minimum absolute atomic E-state index is 0.0277. The van der Waals surface area contributed by atoms with Gasteiger partial charge in [-0.05, 0) is 37.5 Å². The number of ether oxygens (including phenoxy) is 1. The molecule has 0 fully saturated rings. The van der Waals surface area contributed by atoms with Crippen LogP contribution in [0.25, 0.3) is 6.08 Å². The second-order valence-electron chi connectivity index (χ2n) is 9.25. The Morgan fingerprint density at radius 2 is 1.85 bits per heavy atom. The van der Waals surface area contributed by atoms with E-state index in [0.717, 1.165) is 29.7 Å². The van der Waals surface area contributed by atoms with E-state index in [9.17, 15) is 18.0 Å². The van der Waals surface area contributed by atoms with Gasteiger partial charge in [-0.3, -0.25) is 14.1 Å². The van der Waals surface area contributed by atoms with Gasteiger partial charge in [0, 0.05) is 60.3 Å². The molecule has 0 saturated carbocycles. The van der Waals surface area contributed by atoms with Gasteiger partial charge in [0.05, 0.1) is 5.75 Å². The van der Waals surface area contributed by atoms with E-state index in [2.05, 4.69) is 6.08 Å². The van der Waals surface area contributed by atoms with Gasteiger partial charge in [-0.15, -0.1) is 0 Å². The van der Waals surface area contributed by atoms with E-state index in [0.29, 0.717) is 37.4 Å². The molecule has 0 atom stereocenters. The quantitative estimate of drug-likeness (QED) is 0.361. The number of carboxylic acid groups (broad SMARTS) is 1.